The van der Waals surface area contributed by atoms with Crippen molar-refractivity contribution in [1.82, 2.24) is 4.90 Å². The maximum Gasteiger partial charge on any atom is 0.387 e. The van der Waals surface area contributed by atoms with E-state index in [-0.39, 0.29) is 11.2 Å². The van der Waals surface area contributed by atoms with Gasteiger partial charge in [-0.25, -0.2) is 0 Å². The van der Waals surface area contributed by atoms with Gasteiger partial charge in [-0.05, 0) is 17.7 Å². The molecule has 0 aliphatic carbocycles. The van der Waals surface area contributed by atoms with Gasteiger partial charge in [-0.1, -0.05) is 12.1 Å². The molecule has 122 valence electrons. The molecule has 0 N–H and O–H groups in total. The van der Waals surface area contributed by atoms with Crippen molar-refractivity contribution in [3.8, 4) is 5.75 Å². The van der Waals surface area contributed by atoms with Crippen LogP contribution >= 0.6 is 0 Å². The number of benzene rings is 1. The first kappa shape index (κ1) is 15.6. The summed E-state index contributed by atoms with van der Waals surface area (Å²) in [6, 6.07) is 6.91. The van der Waals surface area contributed by atoms with Gasteiger partial charge in [0.15, 0.2) is 0 Å². The molecular formula is C16H21F2NO3. The fraction of sp³-hybridized carbons (Fsp3) is 0.625. The summed E-state index contributed by atoms with van der Waals surface area (Å²) in [5.74, 6) is 0.690. The molecule has 0 saturated carbocycles. The molecular weight excluding hydrogens is 292 g/mol. The molecule has 0 amide bonds. The summed E-state index contributed by atoms with van der Waals surface area (Å²) in [6.45, 7) is 1.99. The molecule has 22 heavy (non-hydrogen) atoms. The van der Waals surface area contributed by atoms with Gasteiger partial charge in [0.25, 0.3) is 0 Å². The van der Waals surface area contributed by atoms with Gasteiger partial charge >= 0.3 is 6.61 Å². The number of rotatable bonds is 6. The zero-order chi connectivity index (χ0) is 15.6. The zero-order valence-corrected chi connectivity index (χ0v) is 12.6. The first-order valence-electron chi connectivity index (χ1n) is 7.44. The van der Waals surface area contributed by atoms with Crippen LogP contribution in [0.4, 0.5) is 8.78 Å². The number of nitrogens with zero attached hydrogens (tertiary/aromatic N) is 1. The lowest BCUT2D eigenvalue weighted by atomic mass is 9.82. The summed E-state index contributed by atoms with van der Waals surface area (Å²) in [5.41, 5.74) is 1.05. The van der Waals surface area contributed by atoms with Crippen LogP contribution in [0, 0.1) is 11.3 Å². The van der Waals surface area contributed by atoms with Crippen molar-refractivity contribution in [3.63, 3.8) is 0 Å². The highest BCUT2D eigenvalue weighted by Gasteiger charge is 2.50. The van der Waals surface area contributed by atoms with Gasteiger partial charge in [0.05, 0.1) is 19.8 Å². The van der Waals surface area contributed by atoms with Crippen molar-refractivity contribution in [3.05, 3.63) is 29.8 Å². The molecule has 4 nitrogen and oxygen atoms in total. The average molecular weight is 313 g/mol. The van der Waals surface area contributed by atoms with E-state index in [0.29, 0.717) is 12.5 Å². The van der Waals surface area contributed by atoms with E-state index in [9.17, 15) is 8.78 Å². The maximum atomic E-state index is 12.3. The molecule has 0 unspecified atom stereocenters. The standard InChI is InChI=1S/C16H21F2NO3/c1-20-10-16-9-19(7-13(16)8-21-11-16)6-12-3-2-4-14(5-12)22-15(17)18/h2-5,13,15H,6-11H2,1H3/t13-,16-/m0/s1. The minimum Gasteiger partial charge on any atom is -0.435 e. The lowest BCUT2D eigenvalue weighted by Gasteiger charge is -2.26. The molecule has 0 radical (unpaired) electrons. The van der Waals surface area contributed by atoms with Crippen LogP contribution in [0.25, 0.3) is 0 Å². The normalized spacial score (nSPS) is 28.3. The van der Waals surface area contributed by atoms with Gasteiger partial charge in [-0.2, -0.15) is 8.78 Å². The van der Waals surface area contributed by atoms with Crippen LogP contribution in [-0.2, 0) is 16.0 Å². The molecule has 3 rings (SSSR count). The second kappa shape index (κ2) is 6.48. The van der Waals surface area contributed by atoms with Crippen LogP contribution in [-0.4, -0.2) is 51.5 Å². The van der Waals surface area contributed by atoms with Crippen LogP contribution in [0.2, 0.25) is 0 Å². The quantitative estimate of drug-likeness (QED) is 0.807. The highest BCUT2D eigenvalue weighted by Crippen LogP contribution is 2.41. The van der Waals surface area contributed by atoms with E-state index >= 15 is 0 Å². The SMILES string of the molecule is COC[C@@]12COC[C@@H]1CN(Cc1cccc(OC(F)F)c1)C2. The van der Waals surface area contributed by atoms with Crippen LogP contribution in [0.15, 0.2) is 24.3 Å². The third-order valence-corrected chi connectivity index (χ3v) is 4.55. The van der Waals surface area contributed by atoms with Crippen molar-refractivity contribution >= 4 is 0 Å². The van der Waals surface area contributed by atoms with E-state index in [1.54, 1.807) is 25.3 Å². The van der Waals surface area contributed by atoms with Crippen LogP contribution in [0.1, 0.15) is 5.56 Å². The zero-order valence-electron chi connectivity index (χ0n) is 12.6. The molecule has 2 aliphatic heterocycles. The van der Waals surface area contributed by atoms with Gasteiger partial charge < -0.3 is 14.2 Å². The lowest BCUT2D eigenvalue weighted by Crippen LogP contribution is -2.35. The molecule has 2 saturated heterocycles. The van der Waals surface area contributed by atoms with E-state index in [0.717, 1.165) is 38.4 Å². The minimum atomic E-state index is -2.79. The van der Waals surface area contributed by atoms with Crippen molar-refractivity contribution in [2.75, 3.05) is 40.0 Å². The fourth-order valence-corrected chi connectivity index (χ4v) is 3.63. The first-order chi connectivity index (χ1) is 10.6. The average Bonchev–Trinajstić information content (AvgIpc) is 2.95. The van der Waals surface area contributed by atoms with Crippen molar-refractivity contribution < 1.29 is 23.0 Å². The largest absolute Gasteiger partial charge is 0.435 e. The molecule has 6 heteroatoms. The van der Waals surface area contributed by atoms with Crippen LogP contribution < -0.4 is 4.74 Å². The molecule has 2 fully saturated rings. The number of alkyl halides is 2. The molecule has 2 atom stereocenters. The van der Waals surface area contributed by atoms with Crippen LogP contribution in [0.5, 0.6) is 5.75 Å². The number of hydrogen-bond donors (Lipinski definition) is 0. The van der Waals surface area contributed by atoms with Crippen molar-refractivity contribution in [1.29, 1.82) is 0 Å². The monoisotopic (exact) mass is 313 g/mol. The minimum absolute atomic E-state index is 0.0752. The smallest absolute Gasteiger partial charge is 0.387 e. The Morgan fingerprint density at radius 2 is 2.32 bits per heavy atom. The molecule has 1 aromatic rings. The van der Waals surface area contributed by atoms with E-state index in [2.05, 4.69) is 9.64 Å². The maximum absolute atomic E-state index is 12.3. The fourth-order valence-electron chi connectivity index (χ4n) is 3.63. The summed E-state index contributed by atoms with van der Waals surface area (Å²) >= 11 is 0. The Hall–Kier alpha value is -1.24. The number of ether oxygens (including phenoxy) is 3. The summed E-state index contributed by atoms with van der Waals surface area (Å²) < 4.78 is 40.0. The van der Waals surface area contributed by atoms with E-state index in [1.165, 1.54) is 0 Å². The molecule has 0 spiro atoms. The Balaban J connectivity index is 1.65. The van der Waals surface area contributed by atoms with Crippen molar-refractivity contribution in [2.45, 2.75) is 13.2 Å². The molecule has 0 bridgehead atoms. The van der Waals surface area contributed by atoms with E-state index in [1.807, 2.05) is 6.07 Å². The van der Waals surface area contributed by atoms with Gasteiger partial charge in [-0.3, -0.25) is 4.90 Å². The Morgan fingerprint density at radius 1 is 1.45 bits per heavy atom. The first-order valence-corrected chi connectivity index (χ1v) is 7.44. The van der Waals surface area contributed by atoms with Crippen LogP contribution in [0.3, 0.4) is 0 Å². The third kappa shape index (κ3) is 3.24. The number of likely N-dealkylation sites (tertiary alicyclic amines) is 1. The van der Waals surface area contributed by atoms with Gasteiger partial charge in [0, 0.05) is 38.1 Å². The van der Waals surface area contributed by atoms with Gasteiger partial charge in [0.2, 0.25) is 0 Å². The van der Waals surface area contributed by atoms with E-state index in [4.69, 9.17) is 9.47 Å². The van der Waals surface area contributed by atoms with Crippen molar-refractivity contribution in [2.24, 2.45) is 11.3 Å². The summed E-state index contributed by atoms with van der Waals surface area (Å²) in [4.78, 5) is 2.34. The molecule has 2 aliphatic rings. The lowest BCUT2D eigenvalue weighted by molar-refractivity contribution is -0.0499. The Bertz CT molecular complexity index is 514. The second-order valence-corrected chi connectivity index (χ2v) is 6.20. The number of hydrogen-bond acceptors (Lipinski definition) is 4. The Kier molecular flexibility index (Phi) is 4.61. The molecule has 2 heterocycles. The summed E-state index contributed by atoms with van der Waals surface area (Å²) in [5, 5.41) is 0. The summed E-state index contributed by atoms with van der Waals surface area (Å²) in [6.07, 6.45) is 0. The number of fused-ring (bicyclic) bond motifs is 1. The highest BCUT2D eigenvalue weighted by atomic mass is 19.3. The topological polar surface area (TPSA) is 30.9 Å². The molecule has 0 aromatic heterocycles. The van der Waals surface area contributed by atoms with Gasteiger partial charge in [0.1, 0.15) is 5.75 Å². The van der Waals surface area contributed by atoms with Gasteiger partial charge in [-0.15, -0.1) is 0 Å². The highest BCUT2D eigenvalue weighted by molar-refractivity contribution is 5.28. The number of halogens is 2. The predicted octanol–water partition coefficient (Wildman–Crippen LogP) is 2.38. The molecule has 1 aromatic carbocycles. The predicted molar refractivity (Wildman–Crippen MR) is 77.0 cm³/mol. The number of methoxy groups -OCH3 is 1. The third-order valence-electron chi connectivity index (χ3n) is 4.55. The Morgan fingerprint density at radius 3 is 3.09 bits per heavy atom. The van der Waals surface area contributed by atoms with E-state index < -0.39 is 6.61 Å². The second-order valence-electron chi connectivity index (χ2n) is 6.20. The summed E-state index contributed by atoms with van der Waals surface area (Å²) in [7, 11) is 1.72. The Labute approximate surface area is 129 Å².